The second-order valence-electron chi connectivity index (χ2n) is 6.20. The van der Waals surface area contributed by atoms with Gasteiger partial charge in [0.15, 0.2) is 0 Å². The molecule has 138 valence electrons. The molecule has 0 amide bonds. The van der Waals surface area contributed by atoms with Crippen LogP contribution in [0, 0.1) is 25.2 Å². The molecule has 3 heterocycles. The van der Waals surface area contributed by atoms with Crippen LogP contribution in [-0.2, 0) is 16.6 Å². The number of aromatic nitrogens is 3. The van der Waals surface area contributed by atoms with E-state index in [4.69, 9.17) is 10.00 Å². The van der Waals surface area contributed by atoms with Gasteiger partial charge in [0.05, 0.1) is 29.6 Å². The van der Waals surface area contributed by atoms with Gasteiger partial charge in [-0.25, -0.2) is 13.4 Å². The number of nitrogens with zero attached hydrogens (tertiary/aromatic N) is 5. The van der Waals surface area contributed by atoms with Crippen LogP contribution < -0.4 is 4.74 Å². The fourth-order valence-corrected chi connectivity index (χ4v) is 5.08. The molecule has 3 rings (SSSR count). The Bertz CT molecular complexity index is 961. The number of hydrogen-bond acceptors (Lipinski definition) is 6. The first kappa shape index (κ1) is 18.4. The summed E-state index contributed by atoms with van der Waals surface area (Å²) in [6, 6.07) is 5.18. The lowest BCUT2D eigenvalue weighted by Crippen LogP contribution is -2.31. The van der Waals surface area contributed by atoms with Crippen LogP contribution >= 0.6 is 0 Å². The van der Waals surface area contributed by atoms with Gasteiger partial charge in [0.25, 0.3) is 0 Å². The molecule has 1 saturated heterocycles. The zero-order chi connectivity index (χ0) is 18.9. The maximum absolute atomic E-state index is 13.1. The number of nitriles is 1. The van der Waals surface area contributed by atoms with Gasteiger partial charge in [-0.1, -0.05) is 0 Å². The van der Waals surface area contributed by atoms with E-state index >= 15 is 0 Å². The molecule has 9 heteroatoms. The summed E-state index contributed by atoms with van der Waals surface area (Å²) in [7, 11) is -3.63. The Morgan fingerprint density at radius 3 is 2.85 bits per heavy atom. The normalized spacial score (nSPS) is 18.0. The molecule has 0 saturated carbocycles. The van der Waals surface area contributed by atoms with Crippen molar-refractivity contribution in [2.75, 3.05) is 13.1 Å². The van der Waals surface area contributed by atoms with Crippen LogP contribution in [0.5, 0.6) is 5.88 Å². The van der Waals surface area contributed by atoms with Gasteiger partial charge in [-0.05, 0) is 33.3 Å². The minimum absolute atomic E-state index is 0.247. The molecule has 0 aromatic carbocycles. The summed E-state index contributed by atoms with van der Waals surface area (Å²) in [6.07, 6.45) is 1.77. The quantitative estimate of drug-likeness (QED) is 0.787. The molecule has 2 aromatic rings. The predicted molar refractivity (Wildman–Crippen MR) is 94.1 cm³/mol. The minimum atomic E-state index is -3.63. The molecule has 1 aliphatic heterocycles. The largest absolute Gasteiger partial charge is 0.473 e. The van der Waals surface area contributed by atoms with Crippen LogP contribution in [0.25, 0.3) is 0 Å². The van der Waals surface area contributed by atoms with E-state index in [-0.39, 0.29) is 17.5 Å². The fourth-order valence-electron chi connectivity index (χ4n) is 3.22. The molecule has 1 aliphatic rings. The van der Waals surface area contributed by atoms with Crippen LogP contribution in [0.3, 0.4) is 0 Å². The van der Waals surface area contributed by atoms with Crippen molar-refractivity contribution in [3.63, 3.8) is 0 Å². The molecular weight excluding hydrogens is 354 g/mol. The average molecular weight is 375 g/mol. The number of pyridine rings is 1. The van der Waals surface area contributed by atoms with Crippen molar-refractivity contribution < 1.29 is 13.2 Å². The van der Waals surface area contributed by atoms with Gasteiger partial charge in [-0.3, -0.25) is 4.68 Å². The third kappa shape index (κ3) is 3.30. The number of hydrogen-bond donors (Lipinski definition) is 0. The van der Waals surface area contributed by atoms with Gasteiger partial charge in [-0.2, -0.15) is 14.7 Å². The van der Waals surface area contributed by atoms with Crippen molar-refractivity contribution in [2.24, 2.45) is 0 Å². The lowest BCUT2D eigenvalue weighted by atomic mass is 10.3. The van der Waals surface area contributed by atoms with E-state index in [2.05, 4.69) is 10.1 Å². The van der Waals surface area contributed by atoms with E-state index in [1.165, 1.54) is 10.5 Å². The van der Waals surface area contributed by atoms with Gasteiger partial charge in [0.1, 0.15) is 11.0 Å². The zero-order valence-corrected chi connectivity index (χ0v) is 15.8. The number of sulfonamides is 1. The number of ether oxygens (including phenoxy) is 1. The second kappa shape index (κ2) is 7.05. The third-order valence-corrected chi connectivity index (χ3v) is 6.59. The Morgan fingerprint density at radius 2 is 2.19 bits per heavy atom. The minimum Gasteiger partial charge on any atom is -0.473 e. The van der Waals surface area contributed by atoms with E-state index in [9.17, 15) is 8.42 Å². The molecular formula is C17H21N5O3S. The fraction of sp³-hybridized carbons (Fsp3) is 0.471. The van der Waals surface area contributed by atoms with Gasteiger partial charge < -0.3 is 4.74 Å². The summed E-state index contributed by atoms with van der Waals surface area (Å²) in [5.41, 5.74) is 1.62. The van der Waals surface area contributed by atoms with Crippen molar-refractivity contribution in [1.29, 1.82) is 5.26 Å². The summed E-state index contributed by atoms with van der Waals surface area (Å²) in [5.74, 6) is 0.333. The third-order valence-electron chi connectivity index (χ3n) is 4.47. The van der Waals surface area contributed by atoms with E-state index in [0.29, 0.717) is 42.3 Å². The van der Waals surface area contributed by atoms with E-state index in [0.717, 1.165) is 0 Å². The summed E-state index contributed by atoms with van der Waals surface area (Å²) < 4.78 is 35.0. The van der Waals surface area contributed by atoms with E-state index in [1.54, 1.807) is 30.7 Å². The second-order valence-corrected chi connectivity index (χ2v) is 8.08. The van der Waals surface area contributed by atoms with E-state index in [1.807, 2.05) is 13.0 Å². The maximum atomic E-state index is 13.1. The molecule has 8 nitrogen and oxygen atoms in total. The van der Waals surface area contributed by atoms with Gasteiger partial charge >= 0.3 is 0 Å². The lowest BCUT2D eigenvalue weighted by molar-refractivity contribution is 0.207. The molecule has 1 unspecified atom stereocenters. The molecule has 0 bridgehead atoms. The van der Waals surface area contributed by atoms with Crippen molar-refractivity contribution in [3.8, 4) is 11.9 Å². The van der Waals surface area contributed by atoms with E-state index < -0.39 is 10.0 Å². The summed E-state index contributed by atoms with van der Waals surface area (Å²) >= 11 is 0. The van der Waals surface area contributed by atoms with Crippen molar-refractivity contribution in [2.45, 2.75) is 44.7 Å². The van der Waals surface area contributed by atoms with Gasteiger partial charge in [0.2, 0.25) is 15.9 Å². The van der Waals surface area contributed by atoms with Crippen LogP contribution in [0.1, 0.15) is 30.3 Å². The smallest absolute Gasteiger partial charge is 0.246 e. The van der Waals surface area contributed by atoms with Crippen LogP contribution in [0.15, 0.2) is 23.2 Å². The standard InChI is InChI=1S/C17H21N5O3S/c1-4-22-13(3)17(12(2)20-22)26(23,24)21-8-6-15(11-21)25-16-9-14(10-18)5-7-19-16/h5,7,9,15H,4,6,8,11H2,1-3H3. The number of aryl methyl sites for hydroxylation is 2. The highest BCUT2D eigenvalue weighted by Gasteiger charge is 2.37. The SMILES string of the molecule is CCn1nc(C)c(S(=O)(=O)N2CCC(Oc3cc(C#N)ccn3)C2)c1C. The molecule has 1 fully saturated rings. The first-order valence-electron chi connectivity index (χ1n) is 8.43. The highest BCUT2D eigenvalue weighted by molar-refractivity contribution is 7.89. The molecule has 0 spiro atoms. The summed E-state index contributed by atoms with van der Waals surface area (Å²) in [5, 5.41) is 13.3. The van der Waals surface area contributed by atoms with Crippen LogP contribution in [0.4, 0.5) is 0 Å². The Hall–Kier alpha value is -2.44. The number of rotatable bonds is 5. The highest BCUT2D eigenvalue weighted by Crippen LogP contribution is 2.27. The summed E-state index contributed by atoms with van der Waals surface area (Å²) in [6.45, 7) is 6.66. The van der Waals surface area contributed by atoms with Crippen LogP contribution in [-0.4, -0.2) is 46.7 Å². The van der Waals surface area contributed by atoms with Gasteiger partial charge in [0, 0.05) is 25.4 Å². The van der Waals surface area contributed by atoms with Gasteiger partial charge in [-0.15, -0.1) is 0 Å². The summed E-state index contributed by atoms with van der Waals surface area (Å²) in [4.78, 5) is 4.37. The Labute approximate surface area is 153 Å². The van der Waals surface area contributed by atoms with Crippen molar-refractivity contribution in [1.82, 2.24) is 19.1 Å². The van der Waals surface area contributed by atoms with Crippen molar-refractivity contribution >= 4 is 10.0 Å². The average Bonchev–Trinajstić information content (AvgIpc) is 3.19. The molecule has 2 aromatic heterocycles. The topological polar surface area (TPSA) is 101 Å². The highest BCUT2D eigenvalue weighted by atomic mass is 32.2. The molecule has 0 radical (unpaired) electrons. The Morgan fingerprint density at radius 1 is 1.42 bits per heavy atom. The lowest BCUT2D eigenvalue weighted by Gasteiger charge is -2.17. The predicted octanol–water partition coefficient (Wildman–Crippen LogP) is 1.63. The molecule has 0 aliphatic carbocycles. The molecule has 1 atom stereocenters. The zero-order valence-electron chi connectivity index (χ0n) is 15.0. The molecule has 0 N–H and O–H groups in total. The Kier molecular flexibility index (Phi) is 4.98. The van der Waals surface area contributed by atoms with Crippen molar-refractivity contribution in [3.05, 3.63) is 35.3 Å². The Balaban J connectivity index is 1.77. The first-order valence-corrected chi connectivity index (χ1v) is 9.87. The van der Waals surface area contributed by atoms with Crippen LogP contribution in [0.2, 0.25) is 0 Å². The first-order chi connectivity index (χ1) is 12.4. The molecule has 26 heavy (non-hydrogen) atoms. The monoisotopic (exact) mass is 375 g/mol. The maximum Gasteiger partial charge on any atom is 0.246 e.